The second kappa shape index (κ2) is 6.61. The summed E-state index contributed by atoms with van der Waals surface area (Å²) in [4.78, 5) is 10.9. The summed E-state index contributed by atoms with van der Waals surface area (Å²) in [6, 6.07) is 3.85. The molecule has 1 aliphatic rings. The molecule has 0 radical (unpaired) electrons. The van der Waals surface area contributed by atoms with Crippen molar-refractivity contribution in [2.45, 2.75) is 34.7 Å². The highest BCUT2D eigenvalue weighted by Crippen LogP contribution is 2.36. The van der Waals surface area contributed by atoms with Crippen LogP contribution in [0, 0.1) is 17.0 Å². The van der Waals surface area contributed by atoms with Crippen molar-refractivity contribution < 1.29 is 13.3 Å². The number of hydrogen-bond acceptors (Lipinski definition) is 8. The molecule has 1 fully saturated rings. The number of nitrogen functional groups attached to an aromatic ring is 1. The van der Waals surface area contributed by atoms with Gasteiger partial charge in [-0.3, -0.25) is 10.1 Å². The molecule has 10 nitrogen and oxygen atoms in total. The van der Waals surface area contributed by atoms with E-state index in [0.717, 1.165) is 30.7 Å². The molecule has 3 rings (SSSR count). The van der Waals surface area contributed by atoms with Crippen LogP contribution in [0.15, 0.2) is 33.1 Å². The smallest absolute Gasteiger partial charge is 0.284 e. The topological polar surface area (TPSA) is 137 Å². The highest BCUT2D eigenvalue weighted by atomic mass is 32.2. The second-order valence-electron chi connectivity index (χ2n) is 5.50. The first-order valence-electron chi connectivity index (χ1n) is 7.44. The van der Waals surface area contributed by atoms with Gasteiger partial charge in [0.05, 0.1) is 14.7 Å². The highest BCUT2D eigenvalue weighted by Gasteiger charge is 2.30. The van der Waals surface area contributed by atoms with Gasteiger partial charge in [-0.2, -0.15) is 4.31 Å². The zero-order chi connectivity index (χ0) is 18.2. The molecule has 0 spiro atoms. The molecular weight excluding hydrogens is 368 g/mol. The molecule has 0 aliphatic carbocycles. The number of nitrogens with two attached hydrogens (primary N) is 1. The molecule has 2 heterocycles. The summed E-state index contributed by atoms with van der Waals surface area (Å²) in [7, 11) is -3.73. The maximum absolute atomic E-state index is 12.6. The molecule has 2 N–H and O–H groups in total. The third kappa shape index (κ3) is 3.32. The first kappa shape index (κ1) is 17.6. The monoisotopic (exact) mass is 384 g/mol. The number of rotatable bonds is 5. The molecule has 1 saturated heterocycles. The fraction of sp³-hybridized carbons (Fsp3) is 0.385. The van der Waals surface area contributed by atoms with E-state index in [4.69, 9.17) is 5.84 Å². The predicted octanol–water partition coefficient (Wildman–Crippen LogP) is 1.14. The average molecular weight is 384 g/mol. The predicted molar refractivity (Wildman–Crippen MR) is 90.1 cm³/mol. The molecule has 2 aromatic rings. The van der Waals surface area contributed by atoms with Gasteiger partial charge in [0.2, 0.25) is 15.2 Å². The van der Waals surface area contributed by atoms with Gasteiger partial charge >= 0.3 is 0 Å². The summed E-state index contributed by atoms with van der Waals surface area (Å²) in [6.07, 6.45) is 1.58. The molecule has 0 atom stereocenters. The molecule has 1 aromatic heterocycles. The Balaban J connectivity index is 1.98. The summed E-state index contributed by atoms with van der Waals surface area (Å²) < 4.78 is 27.7. The van der Waals surface area contributed by atoms with Crippen molar-refractivity contribution in [3.05, 3.63) is 34.1 Å². The van der Waals surface area contributed by atoms with Crippen LogP contribution in [-0.4, -0.2) is 45.6 Å². The van der Waals surface area contributed by atoms with E-state index in [9.17, 15) is 18.5 Å². The number of nitro benzene ring substituents is 1. The molecule has 12 heteroatoms. The fourth-order valence-corrected chi connectivity index (χ4v) is 4.90. The first-order chi connectivity index (χ1) is 11.8. The highest BCUT2D eigenvalue weighted by molar-refractivity contribution is 7.99. The van der Waals surface area contributed by atoms with Crippen LogP contribution in [0.25, 0.3) is 0 Å². The van der Waals surface area contributed by atoms with Gasteiger partial charge in [0.25, 0.3) is 5.69 Å². The van der Waals surface area contributed by atoms with E-state index in [-0.39, 0.29) is 20.6 Å². The van der Waals surface area contributed by atoms with Crippen LogP contribution in [0.1, 0.15) is 18.7 Å². The van der Waals surface area contributed by atoms with Crippen LogP contribution in [0.5, 0.6) is 0 Å². The molecule has 25 heavy (non-hydrogen) atoms. The van der Waals surface area contributed by atoms with Crippen molar-refractivity contribution >= 4 is 27.5 Å². The number of aromatic nitrogens is 3. The maximum Gasteiger partial charge on any atom is 0.284 e. The van der Waals surface area contributed by atoms with E-state index in [0.29, 0.717) is 18.9 Å². The number of nitrogens with zero attached hydrogens (tertiary/aromatic N) is 5. The molecule has 1 aromatic carbocycles. The van der Waals surface area contributed by atoms with Gasteiger partial charge in [-0.05, 0) is 43.7 Å². The molecule has 134 valence electrons. The summed E-state index contributed by atoms with van der Waals surface area (Å²) in [5.41, 5.74) is -0.314. The quantitative estimate of drug-likeness (QED) is 0.460. The molecular formula is C13H16N6O4S2. The van der Waals surface area contributed by atoms with E-state index >= 15 is 0 Å². The van der Waals surface area contributed by atoms with Crippen LogP contribution in [0.2, 0.25) is 0 Å². The third-order valence-electron chi connectivity index (χ3n) is 3.87. The molecule has 0 saturated carbocycles. The number of sulfonamides is 1. The Kier molecular flexibility index (Phi) is 4.67. The summed E-state index contributed by atoms with van der Waals surface area (Å²) in [6.45, 7) is 2.52. The van der Waals surface area contributed by atoms with E-state index < -0.39 is 14.9 Å². The Morgan fingerprint density at radius 2 is 1.96 bits per heavy atom. The molecule has 0 bridgehead atoms. The van der Waals surface area contributed by atoms with Gasteiger partial charge in [-0.25, -0.2) is 13.1 Å². The van der Waals surface area contributed by atoms with E-state index in [1.165, 1.54) is 21.1 Å². The Morgan fingerprint density at radius 1 is 1.28 bits per heavy atom. The van der Waals surface area contributed by atoms with Crippen molar-refractivity contribution in [3.63, 3.8) is 0 Å². The maximum atomic E-state index is 12.6. The number of hydrogen-bond donors (Lipinski definition) is 1. The van der Waals surface area contributed by atoms with Crippen LogP contribution in [-0.2, 0) is 10.0 Å². The van der Waals surface area contributed by atoms with Crippen LogP contribution >= 0.6 is 11.8 Å². The Labute approximate surface area is 148 Å². The lowest BCUT2D eigenvalue weighted by Gasteiger charge is -2.15. The first-order valence-corrected chi connectivity index (χ1v) is 9.70. The Morgan fingerprint density at radius 3 is 2.52 bits per heavy atom. The number of benzene rings is 1. The van der Waals surface area contributed by atoms with Gasteiger partial charge in [0.1, 0.15) is 5.82 Å². The SMILES string of the molecule is Cc1nnc(Sc2ccc(S(=O)(=O)N3CCCC3)cc2[N+](=O)[O-])n1N. The van der Waals surface area contributed by atoms with Crippen LogP contribution in [0.4, 0.5) is 5.69 Å². The minimum absolute atomic E-state index is 0.0872. The van der Waals surface area contributed by atoms with Gasteiger partial charge in [0, 0.05) is 19.2 Å². The zero-order valence-corrected chi connectivity index (χ0v) is 15.0. The summed E-state index contributed by atoms with van der Waals surface area (Å²) in [5, 5.41) is 19.3. The van der Waals surface area contributed by atoms with Crippen LogP contribution < -0.4 is 5.84 Å². The minimum atomic E-state index is -3.73. The Bertz CT molecular complexity index is 921. The lowest BCUT2D eigenvalue weighted by molar-refractivity contribution is -0.388. The number of aryl methyl sites for hydroxylation is 1. The molecule has 0 unspecified atom stereocenters. The fourth-order valence-electron chi connectivity index (χ4n) is 2.48. The van der Waals surface area contributed by atoms with Crippen molar-refractivity contribution in [2.24, 2.45) is 0 Å². The Hall–Kier alpha value is -2.18. The molecule has 0 amide bonds. The van der Waals surface area contributed by atoms with E-state index in [1.807, 2.05) is 0 Å². The average Bonchev–Trinajstić information content (AvgIpc) is 3.21. The summed E-state index contributed by atoms with van der Waals surface area (Å²) >= 11 is 0.956. The van der Waals surface area contributed by atoms with Crippen molar-refractivity contribution in [2.75, 3.05) is 18.9 Å². The largest absolute Gasteiger partial charge is 0.336 e. The normalized spacial score (nSPS) is 15.6. The standard InChI is InChI=1S/C13H16N6O4S2/c1-9-15-16-13(18(9)14)24-12-5-4-10(8-11(12)19(20)21)25(22,23)17-6-2-3-7-17/h4-5,8H,2-3,6-7,14H2,1H3. The van der Waals surface area contributed by atoms with Gasteiger partial charge < -0.3 is 5.84 Å². The van der Waals surface area contributed by atoms with Gasteiger partial charge in [0.15, 0.2) is 0 Å². The third-order valence-corrected chi connectivity index (χ3v) is 6.79. The van der Waals surface area contributed by atoms with Crippen molar-refractivity contribution in [1.29, 1.82) is 0 Å². The van der Waals surface area contributed by atoms with Crippen LogP contribution in [0.3, 0.4) is 0 Å². The van der Waals surface area contributed by atoms with Gasteiger partial charge in [-0.15, -0.1) is 10.2 Å². The van der Waals surface area contributed by atoms with E-state index in [2.05, 4.69) is 10.2 Å². The lowest BCUT2D eigenvalue weighted by Crippen LogP contribution is -2.27. The van der Waals surface area contributed by atoms with E-state index in [1.54, 1.807) is 6.92 Å². The minimum Gasteiger partial charge on any atom is -0.336 e. The number of nitro groups is 1. The molecule has 1 aliphatic heterocycles. The summed E-state index contributed by atoms with van der Waals surface area (Å²) in [5.74, 6) is 6.21. The van der Waals surface area contributed by atoms with Crippen molar-refractivity contribution in [1.82, 2.24) is 19.2 Å². The van der Waals surface area contributed by atoms with Gasteiger partial charge in [-0.1, -0.05) is 0 Å². The second-order valence-corrected chi connectivity index (χ2v) is 8.45. The van der Waals surface area contributed by atoms with Crippen molar-refractivity contribution in [3.8, 4) is 0 Å². The zero-order valence-electron chi connectivity index (χ0n) is 13.3. The lowest BCUT2D eigenvalue weighted by atomic mass is 10.3.